The molecule has 0 aliphatic rings. The van der Waals surface area contributed by atoms with Crippen molar-refractivity contribution in [2.45, 2.75) is 19.6 Å². The molecule has 16 nitrogen and oxygen atoms in total. The third-order valence-corrected chi connectivity index (χ3v) is 13.7. The van der Waals surface area contributed by atoms with E-state index in [1.807, 2.05) is 0 Å². The van der Waals surface area contributed by atoms with Crippen LogP contribution in [0.4, 0.5) is 0 Å². The van der Waals surface area contributed by atoms with Gasteiger partial charge in [0.2, 0.25) is 40.1 Å². The molecule has 0 bridgehead atoms. The van der Waals surface area contributed by atoms with Crippen LogP contribution in [0.15, 0.2) is 117 Å². The summed E-state index contributed by atoms with van der Waals surface area (Å²) in [5.74, 6) is 1.53. The van der Waals surface area contributed by atoms with E-state index >= 15 is 0 Å². The normalized spacial score (nSPS) is 12.6. The fraction of sp³-hybridized carbons (Fsp3) is 0.273. The molecular formula is C33H40N4O12S4. The van der Waals surface area contributed by atoms with Crippen LogP contribution < -0.4 is 37.8 Å². The van der Waals surface area contributed by atoms with Crippen LogP contribution in [0.3, 0.4) is 0 Å². The van der Waals surface area contributed by atoms with Gasteiger partial charge >= 0.3 is 0 Å². The lowest BCUT2D eigenvalue weighted by molar-refractivity contribution is 0.289. The number of methoxy groups -OCH3 is 4. The van der Waals surface area contributed by atoms with E-state index in [2.05, 4.69) is 18.9 Å². The molecule has 0 spiro atoms. The summed E-state index contributed by atoms with van der Waals surface area (Å²) < 4.78 is 138. The number of nitrogens with one attached hydrogen (secondary N) is 4. The minimum atomic E-state index is -4.34. The standard InChI is InChI=1S/C33H40N4O12S4/c1-46-25-5-13-29(14-6-25)50(38,39)34-21-33(22-35-51(40,41)30-15-7-26(47-2)8-16-30,23-36-52(42,43)31-17-9-27(48-3)10-18-31)24-37-53(44,45)32-19-11-28(49-4)12-20-32/h5-20,34-37H,21-24H2,1-4H3. The summed E-state index contributed by atoms with van der Waals surface area (Å²) in [5.41, 5.74) is -1.84. The summed E-state index contributed by atoms with van der Waals surface area (Å²) in [7, 11) is -11.7. The second kappa shape index (κ2) is 17.2. The van der Waals surface area contributed by atoms with Crippen LogP contribution in [0.25, 0.3) is 0 Å². The molecule has 0 saturated carbocycles. The maximum Gasteiger partial charge on any atom is 0.240 e. The first-order valence-electron chi connectivity index (χ1n) is 15.5. The number of rotatable bonds is 20. The molecule has 0 saturated heterocycles. The highest BCUT2D eigenvalue weighted by Crippen LogP contribution is 2.24. The highest BCUT2D eigenvalue weighted by Gasteiger charge is 2.37. The first-order valence-corrected chi connectivity index (χ1v) is 21.5. The van der Waals surface area contributed by atoms with Crippen molar-refractivity contribution in [3.8, 4) is 23.0 Å². The topological polar surface area (TPSA) is 222 Å². The Morgan fingerprint density at radius 1 is 0.358 bits per heavy atom. The van der Waals surface area contributed by atoms with Gasteiger partial charge in [-0.05, 0) is 97.1 Å². The van der Waals surface area contributed by atoms with E-state index in [1.165, 1.54) is 126 Å². The first-order chi connectivity index (χ1) is 25.0. The number of hydrogen-bond acceptors (Lipinski definition) is 12. The Balaban J connectivity index is 1.76. The van der Waals surface area contributed by atoms with Gasteiger partial charge in [-0.3, -0.25) is 0 Å². The van der Waals surface area contributed by atoms with Crippen LogP contribution in [0, 0.1) is 5.41 Å². The third-order valence-electron chi connectivity index (χ3n) is 8.03. The Morgan fingerprint density at radius 3 is 0.679 bits per heavy atom. The highest BCUT2D eigenvalue weighted by atomic mass is 32.2. The smallest absolute Gasteiger partial charge is 0.240 e. The summed E-state index contributed by atoms with van der Waals surface area (Å²) in [6.45, 7) is -2.66. The molecule has 0 radical (unpaired) electrons. The Bertz CT molecular complexity index is 1940. The number of ether oxygens (including phenoxy) is 4. The number of hydrogen-bond donors (Lipinski definition) is 4. The van der Waals surface area contributed by atoms with Crippen LogP contribution in [-0.2, 0) is 40.1 Å². The van der Waals surface area contributed by atoms with Crippen molar-refractivity contribution in [1.29, 1.82) is 0 Å². The largest absolute Gasteiger partial charge is 0.497 e. The number of sulfonamides is 4. The van der Waals surface area contributed by atoms with Gasteiger partial charge in [-0.2, -0.15) is 0 Å². The SMILES string of the molecule is COc1ccc(S(=O)(=O)NCC(CNS(=O)(=O)c2ccc(OC)cc2)(CNS(=O)(=O)c2ccc(OC)cc2)CNS(=O)(=O)c2ccc(OC)cc2)cc1. The fourth-order valence-electron chi connectivity index (χ4n) is 4.72. The maximum atomic E-state index is 13.5. The van der Waals surface area contributed by atoms with Crippen molar-refractivity contribution in [3.05, 3.63) is 97.1 Å². The second-order valence-corrected chi connectivity index (χ2v) is 18.6. The van der Waals surface area contributed by atoms with E-state index in [1.54, 1.807) is 0 Å². The molecule has 0 amide bonds. The average molecular weight is 813 g/mol. The van der Waals surface area contributed by atoms with E-state index in [0.717, 1.165) is 0 Å². The molecule has 288 valence electrons. The van der Waals surface area contributed by atoms with Gasteiger partial charge in [0.25, 0.3) is 0 Å². The van der Waals surface area contributed by atoms with Crippen molar-refractivity contribution in [3.63, 3.8) is 0 Å². The van der Waals surface area contributed by atoms with Crippen LogP contribution in [0.2, 0.25) is 0 Å². The molecule has 0 fully saturated rings. The molecule has 0 aromatic heterocycles. The van der Waals surface area contributed by atoms with Crippen molar-refractivity contribution in [1.82, 2.24) is 18.9 Å². The fourth-order valence-corrected chi connectivity index (χ4v) is 9.35. The van der Waals surface area contributed by atoms with Gasteiger partial charge in [0.15, 0.2) is 0 Å². The van der Waals surface area contributed by atoms with E-state index in [0.29, 0.717) is 23.0 Å². The molecule has 0 heterocycles. The van der Waals surface area contributed by atoms with E-state index in [9.17, 15) is 33.7 Å². The van der Waals surface area contributed by atoms with E-state index in [-0.39, 0.29) is 19.6 Å². The summed E-state index contributed by atoms with van der Waals surface area (Å²) >= 11 is 0. The Hall–Kier alpha value is -4.28. The monoisotopic (exact) mass is 812 g/mol. The van der Waals surface area contributed by atoms with Crippen molar-refractivity contribution < 1.29 is 52.6 Å². The molecule has 20 heteroatoms. The van der Waals surface area contributed by atoms with Gasteiger partial charge in [-0.15, -0.1) is 0 Å². The minimum Gasteiger partial charge on any atom is -0.497 e. The summed E-state index contributed by atoms with van der Waals surface area (Å²) in [6, 6.07) is 21.5. The van der Waals surface area contributed by atoms with Crippen molar-refractivity contribution in [2.24, 2.45) is 5.41 Å². The molecular weight excluding hydrogens is 773 g/mol. The molecule has 4 aromatic rings. The van der Waals surface area contributed by atoms with Gasteiger partial charge in [-0.25, -0.2) is 52.6 Å². The molecule has 4 aromatic carbocycles. The highest BCUT2D eigenvalue weighted by molar-refractivity contribution is 7.90. The first kappa shape index (κ1) is 41.5. The Morgan fingerprint density at radius 2 is 0.528 bits per heavy atom. The van der Waals surface area contributed by atoms with E-state index in [4.69, 9.17) is 18.9 Å². The maximum absolute atomic E-state index is 13.5. The Kier molecular flexibility index (Phi) is 13.5. The molecule has 4 N–H and O–H groups in total. The second-order valence-electron chi connectivity index (χ2n) is 11.5. The number of benzene rings is 4. The lowest BCUT2D eigenvalue weighted by Crippen LogP contribution is -2.56. The minimum absolute atomic E-state index is 0.191. The van der Waals surface area contributed by atoms with Crippen LogP contribution in [0.5, 0.6) is 23.0 Å². The predicted octanol–water partition coefficient (Wildman–Crippen LogP) is 1.92. The van der Waals surface area contributed by atoms with Gasteiger partial charge in [0.1, 0.15) is 23.0 Å². The lowest BCUT2D eigenvalue weighted by Gasteiger charge is -2.34. The van der Waals surface area contributed by atoms with Gasteiger partial charge in [0, 0.05) is 31.6 Å². The van der Waals surface area contributed by atoms with Crippen molar-refractivity contribution in [2.75, 3.05) is 54.6 Å². The predicted molar refractivity (Wildman–Crippen MR) is 195 cm³/mol. The summed E-state index contributed by atoms with van der Waals surface area (Å²) in [5, 5.41) is 0. The van der Waals surface area contributed by atoms with Crippen molar-refractivity contribution >= 4 is 40.1 Å². The van der Waals surface area contributed by atoms with Crippen LogP contribution >= 0.6 is 0 Å². The molecule has 0 unspecified atom stereocenters. The van der Waals surface area contributed by atoms with Gasteiger partial charge in [0.05, 0.1) is 48.0 Å². The molecule has 0 aliphatic carbocycles. The van der Waals surface area contributed by atoms with Crippen LogP contribution in [-0.4, -0.2) is 88.3 Å². The zero-order valence-electron chi connectivity index (χ0n) is 29.1. The van der Waals surface area contributed by atoms with Crippen LogP contribution in [0.1, 0.15) is 0 Å². The molecule has 4 rings (SSSR count). The average Bonchev–Trinajstić information content (AvgIpc) is 3.17. The van der Waals surface area contributed by atoms with Gasteiger partial charge in [-0.1, -0.05) is 0 Å². The Labute approximate surface area is 310 Å². The lowest BCUT2D eigenvalue weighted by atomic mass is 9.89. The third kappa shape index (κ3) is 10.9. The molecule has 0 aliphatic heterocycles. The summed E-state index contributed by atoms with van der Waals surface area (Å²) in [4.78, 5) is -0.764. The quantitative estimate of drug-likeness (QED) is 0.101. The zero-order valence-corrected chi connectivity index (χ0v) is 32.4. The zero-order chi connectivity index (χ0) is 38.9. The summed E-state index contributed by atoms with van der Waals surface area (Å²) in [6.07, 6.45) is 0. The molecule has 53 heavy (non-hydrogen) atoms. The van der Waals surface area contributed by atoms with Gasteiger partial charge < -0.3 is 18.9 Å². The van der Waals surface area contributed by atoms with E-state index < -0.39 is 71.7 Å². The molecule has 0 atom stereocenters.